The Kier molecular flexibility index (Phi) is 5.64. The van der Waals surface area contributed by atoms with E-state index in [4.69, 9.17) is 4.74 Å². The van der Waals surface area contributed by atoms with Crippen molar-refractivity contribution in [2.45, 2.75) is 57.4 Å². The summed E-state index contributed by atoms with van der Waals surface area (Å²) in [5.74, 6) is 0.211. The Bertz CT molecular complexity index is 282. The third kappa shape index (κ3) is 4.46. The van der Waals surface area contributed by atoms with Crippen molar-refractivity contribution >= 4 is 5.91 Å². The summed E-state index contributed by atoms with van der Waals surface area (Å²) in [6.45, 7) is 2.71. The second-order valence-corrected chi connectivity index (χ2v) is 6.22. The lowest BCUT2D eigenvalue weighted by Gasteiger charge is -2.29. The van der Waals surface area contributed by atoms with Crippen LogP contribution in [0.1, 0.15) is 51.4 Å². The van der Waals surface area contributed by atoms with Crippen LogP contribution in [0, 0.1) is 5.41 Å². The van der Waals surface area contributed by atoms with E-state index in [1.54, 1.807) is 7.11 Å². The van der Waals surface area contributed by atoms with Crippen molar-refractivity contribution in [1.29, 1.82) is 0 Å². The first-order chi connectivity index (χ1) is 9.24. The van der Waals surface area contributed by atoms with Gasteiger partial charge in [0, 0.05) is 32.7 Å². The summed E-state index contributed by atoms with van der Waals surface area (Å²) in [6.07, 6.45) is 9.12. The maximum absolute atomic E-state index is 12.0. The largest absolute Gasteiger partial charge is 0.385 e. The maximum Gasteiger partial charge on any atom is 0.221 e. The predicted octanol–water partition coefficient (Wildman–Crippen LogP) is 1.84. The number of hydrogen-bond donors (Lipinski definition) is 2. The van der Waals surface area contributed by atoms with Crippen LogP contribution < -0.4 is 10.6 Å². The molecule has 19 heavy (non-hydrogen) atoms. The van der Waals surface area contributed by atoms with Crippen LogP contribution in [0.25, 0.3) is 0 Å². The Hall–Kier alpha value is -0.610. The van der Waals surface area contributed by atoms with Crippen molar-refractivity contribution in [3.63, 3.8) is 0 Å². The monoisotopic (exact) mass is 268 g/mol. The molecule has 4 nitrogen and oxygen atoms in total. The van der Waals surface area contributed by atoms with Crippen LogP contribution in [-0.4, -0.2) is 38.8 Å². The Morgan fingerprint density at radius 3 is 2.79 bits per heavy atom. The van der Waals surface area contributed by atoms with Gasteiger partial charge in [0.05, 0.1) is 0 Å². The van der Waals surface area contributed by atoms with Gasteiger partial charge >= 0.3 is 0 Å². The third-order valence-corrected chi connectivity index (χ3v) is 4.76. The number of carbonyl (C=O) groups excluding carboxylic acids is 1. The minimum atomic E-state index is 0.211. The molecule has 1 aliphatic carbocycles. The molecule has 1 heterocycles. The van der Waals surface area contributed by atoms with E-state index in [1.165, 1.54) is 32.1 Å². The van der Waals surface area contributed by atoms with E-state index in [0.29, 0.717) is 17.9 Å². The molecule has 4 heteroatoms. The molecule has 1 amide bonds. The molecular formula is C15H28N2O2. The molecule has 1 saturated heterocycles. The second-order valence-electron chi connectivity index (χ2n) is 6.22. The van der Waals surface area contributed by atoms with Gasteiger partial charge in [-0.15, -0.1) is 0 Å². The molecule has 0 aromatic rings. The summed E-state index contributed by atoms with van der Waals surface area (Å²) in [5, 5.41) is 6.55. The summed E-state index contributed by atoms with van der Waals surface area (Å²) in [4.78, 5) is 12.0. The number of rotatable bonds is 7. The Morgan fingerprint density at radius 1 is 1.37 bits per heavy atom. The van der Waals surface area contributed by atoms with Gasteiger partial charge in [-0.05, 0) is 44.1 Å². The van der Waals surface area contributed by atoms with Crippen LogP contribution in [-0.2, 0) is 9.53 Å². The van der Waals surface area contributed by atoms with Gasteiger partial charge in [-0.1, -0.05) is 12.8 Å². The van der Waals surface area contributed by atoms with Gasteiger partial charge in [0.1, 0.15) is 0 Å². The van der Waals surface area contributed by atoms with Crippen LogP contribution in [0.5, 0.6) is 0 Å². The third-order valence-electron chi connectivity index (χ3n) is 4.76. The van der Waals surface area contributed by atoms with Crippen molar-refractivity contribution in [1.82, 2.24) is 10.6 Å². The van der Waals surface area contributed by atoms with Gasteiger partial charge < -0.3 is 15.4 Å². The van der Waals surface area contributed by atoms with E-state index < -0.39 is 0 Å². The minimum absolute atomic E-state index is 0.211. The highest BCUT2D eigenvalue weighted by atomic mass is 16.5. The molecule has 2 N–H and O–H groups in total. The smallest absolute Gasteiger partial charge is 0.221 e. The highest BCUT2D eigenvalue weighted by Gasteiger charge is 2.33. The summed E-state index contributed by atoms with van der Waals surface area (Å²) < 4.78 is 5.22. The lowest BCUT2D eigenvalue weighted by atomic mass is 9.83. The molecule has 2 rings (SSSR count). The maximum atomic E-state index is 12.0. The van der Waals surface area contributed by atoms with E-state index >= 15 is 0 Å². The van der Waals surface area contributed by atoms with E-state index in [2.05, 4.69) is 10.6 Å². The minimum Gasteiger partial charge on any atom is -0.385 e. The molecule has 2 fully saturated rings. The molecule has 1 atom stereocenters. The first-order valence-corrected chi connectivity index (χ1v) is 7.73. The zero-order valence-electron chi connectivity index (χ0n) is 12.2. The van der Waals surface area contributed by atoms with Crippen molar-refractivity contribution < 1.29 is 9.53 Å². The molecule has 0 bridgehead atoms. The van der Waals surface area contributed by atoms with E-state index in [9.17, 15) is 4.79 Å². The van der Waals surface area contributed by atoms with Gasteiger partial charge in [0.15, 0.2) is 0 Å². The highest BCUT2D eigenvalue weighted by Crippen LogP contribution is 2.40. The fraction of sp³-hybridized carbons (Fsp3) is 0.933. The van der Waals surface area contributed by atoms with Crippen LogP contribution in [0.15, 0.2) is 0 Å². The highest BCUT2D eigenvalue weighted by molar-refractivity contribution is 5.76. The zero-order valence-corrected chi connectivity index (χ0v) is 12.2. The van der Waals surface area contributed by atoms with Gasteiger partial charge in [0.25, 0.3) is 0 Å². The number of methoxy groups -OCH3 is 1. The number of nitrogens with one attached hydrogen (secondary N) is 2. The van der Waals surface area contributed by atoms with Crippen molar-refractivity contribution in [2.24, 2.45) is 5.41 Å². The quantitative estimate of drug-likeness (QED) is 0.741. The van der Waals surface area contributed by atoms with Gasteiger partial charge in [-0.2, -0.15) is 0 Å². The average Bonchev–Trinajstić information content (AvgIpc) is 3.06. The summed E-state index contributed by atoms with van der Waals surface area (Å²) in [7, 11) is 1.76. The van der Waals surface area contributed by atoms with Crippen LogP contribution in [0.4, 0.5) is 0 Å². The van der Waals surface area contributed by atoms with Crippen molar-refractivity contribution in [2.75, 3.05) is 26.8 Å². The molecule has 1 unspecified atom stereocenters. The standard InChI is InChI=1S/C15H28N2O2/c1-19-10-8-15(6-2-3-7-15)12-17-14(18)11-13-5-4-9-16-13/h13,16H,2-12H2,1H3,(H,17,18). The molecule has 1 aliphatic heterocycles. The average molecular weight is 268 g/mol. The van der Waals surface area contributed by atoms with Crippen molar-refractivity contribution in [3.8, 4) is 0 Å². The molecule has 0 aromatic heterocycles. The zero-order chi connectivity index (χ0) is 13.6. The number of amides is 1. The number of hydrogen-bond acceptors (Lipinski definition) is 3. The first-order valence-electron chi connectivity index (χ1n) is 7.73. The second kappa shape index (κ2) is 7.25. The van der Waals surface area contributed by atoms with Crippen LogP contribution in [0.3, 0.4) is 0 Å². The van der Waals surface area contributed by atoms with Gasteiger partial charge in [-0.3, -0.25) is 4.79 Å². The summed E-state index contributed by atoms with van der Waals surface area (Å²) >= 11 is 0. The SMILES string of the molecule is COCCC1(CNC(=O)CC2CCCN2)CCCC1. The topological polar surface area (TPSA) is 50.4 Å². The molecular weight excluding hydrogens is 240 g/mol. The van der Waals surface area contributed by atoms with E-state index in [1.807, 2.05) is 0 Å². The molecule has 2 aliphatic rings. The Balaban J connectivity index is 1.73. The van der Waals surface area contributed by atoms with Crippen molar-refractivity contribution in [3.05, 3.63) is 0 Å². The first kappa shape index (κ1) is 14.8. The van der Waals surface area contributed by atoms with Gasteiger partial charge in [-0.25, -0.2) is 0 Å². The van der Waals surface area contributed by atoms with Gasteiger partial charge in [0.2, 0.25) is 5.91 Å². The lowest BCUT2D eigenvalue weighted by molar-refractivity contribution is -0.122. The Labute approximate surface area is 116 Å². The predicted molar refractivity (Wildman–Crippen MR) is 76.0 cm³/mol. The molecule has 110 valence electrons. The number of carbonyl (C=O) groups is 1. The van der Waals surface area contributed by atoms with E-state index in [0.717, 1.165) is 32.5 Å². The Morgan fingerprint density at radius 2 is 2.16 bits per heavy atom. The lowest BCUT2D eigenvalue weighted by Crippen LogP contribution is -2.39. The fourth-order valence-electron chi connectivity index (χ4n) is 3.47. The van der Waals surface area contributed by atoms with Crippen LogP contribution >= 0.6 is 0 Å². The number of ether oxygens (including phenoxy) is 1. The van der Waals surface area contributed by atoms with E-state index in [-0.39, 0.29) is 5.91 Å². The summed E-state index contributed by atoms with van der Waals surface area (Å²) in [6, 6.07) is 0.401. The fourth-order valence-corrected chi connectivity index (χ4v) is 3.47. The summed E-state index contributed by atoms with van der Waals surface area (Å²) in [5.41, 5.74) is 0.300. The van der Waals surface area contributed by atoms with Crippen LogP contribution in [0.2, 0.25) is 0 Å². The molecule has 1 saturated carbocycles. The molecule has 0 radical (unpaired) electrons. The molecule has 0 spiro atoms. The normalized spacial score (nSPS) is 25.6. The molecule has 0 aromatic carbocycles.